The van der Waals surface area contributed by atoms with Gasteiger partial charge in [-0.25, -0.2) is 9.79 Å². The fraction of sp³-hybridized carbons (Fsp3) is 0.150. The normalized spacial score (nSPS) is 16.4. The highest BCUT2D eigenvalue weighted by atomic mass is 32.2. The molecule has 30 heavy (non-hydrogen) atoms. The molecule has 1 amide bonds. The highest BCUT2D eigenvalue weighted by Gasteiger charge is 2.30. The maximum atomic E-state index is 12.6. The van der Waals surface area contributed by atoms with Crippen LogP contribution in [-0.2, 0) is 4.79 Å². The number of carbonyl (C=O) groups is 2. The number of carboxylic acids is 1. The number of anilines is 1. The summed E-state index contributed by atoms with van der Waals surface area (Å²) in [6.07, 6.45) is 1.59. The average Bonchev–Trinajstić information content (AvgIpc) is 2.96. The highest BCUT2D eigenvalue weighted by molar-refractivity contribution is 8.18. The van der Waals surface area contributed by atoms with E-state index in [1.54, 1.807) is 56.4 Å². The zero-order chi connectivity index (χ0) is 22.0. The van der Waals surface area contributed by atoms with Crippen LogP contribution in [0.3, 0.4) is 0 Å². The Morgan fingerprint density at radius 1 is 1.23 bits per heavy atom. The second-order valence-corrected chi connectivity index (χ2v) is 7.63. The second kappa shape index (κ2) is 8.37. The van der Waals surface area contributed by atoms with Crippen LogP contribution in [0.1, 0.15) is 15.9 Å². The molecule has 1 aliphatic heterocycles. The van der Waals surface area contributed by atoms with Gasteiger partial charge in [-0.05, 0) is 53.7 Å². The smallest absolute Gasteiger partial charge is 0.335 e. The first-order chi connectivity index (χ1) is 14.2. The Kier molecular flexibility index (Phi) is 5.88. The van der Waals surface area contributed by atoms with Crippen molar-refractivity contribution in [1.29, 1.82) is 0 Å². The summed E-state index contributed by atoms with van der Waals surface area (Å²) in [5.74, 6) is -1.31. The van der Waals surface area contributed by atoms with Gasteiger partial charge in [-0.2, -0.15) is 0 Å². The van der Waals surface area contributed by atoms with E-state index < -0.39 is 10.9 Å². The van der Waals surface area contributed by atoms with Crippen molar-refractivity contribution in [2.24, 2.45) is 4.99 Å². The zero-order valence-electron chi connectivity index (χ0n) is 16.4. The highest BCUT2D eigenvalue weighted by Crippen LogP contribution is 2.35. The molecular weight excluding hydrogens is 408 g/mol. The third-order valence-corrected chi connectivity index (χ3v) is 5.38. The molecule has 0 saturated carbocycles. The lowest BCUT2D eigenvalue weighted by molar-refractivity contribution is -0.384. The predicted octanol–water partition coefficient (Wildman–Crippen LogP) is 3.59. The number of amides is 1. The van der Waals surface area contributed by atoms with Crippen molar-refractivity contribution in [2.75, 3.05) is 26.0 Å². The monoisotopic (exact) mass is 426 g/mol. The van der Waals surface area contributed by atoms with Gasteiger partial charge in [0, 0.05) is 27.2 Å². The number of rotatable bonds is 5. The summed E-state index contributed by atoms with van der Waals surface area (Å²) in [4.78, 5) is 42.3. The van der Waals surface area contributed by atoms with Crippen LogP contribution in [0.5, 0.6) is 0 Å². The number of hydrogen-bond acceptors (Lipinski definition) is 7. The van der Waals surface area contributed by atoms with Crippen LogP contribution in [0.2, 0.25) is 0 Å². The van der Waals surface area contributed by atoms with E-state index in [9.17, 15) is 19.7 Å². The van der Waals surface area contributed by atoms with Crippen molar-refractivity contribution in [3.8, 4) is 0 Å². The number of thioether (sulfide) groups is 1. The lowest BCUT2D eigenvalue weighted by Crippen LogP contribution is -2.23. The summed E-state index contributed by atoms with van der Waals surface area (Å²) >= 11 is 1.14. The van der Waals surface area contributed by atoms with Crippen LogP contribution >= 0.6 is 11.8 Å². The van der Waals surface area contributed by atoms with E-state index in [-0.39, 0.29) is 17.2 Å². The molecule has 0 atom stereocenters. The number of nitro groups is 1. The minimum absolute atomic E-state index is 0.0504. The van der Waals surface area contributed by atoms with Crippen molar-refractivity contribution >= 4 is 51.9 Å². The molecule has 2 aromatic carbocycles. The van der Waals surface area contributed by atoms with E-state index in [4.69, 9.17) is 5.11 Å². The number of carboxylic acid groups (broad SMARTS) is 1. The molecular formula is C20H18N4O5S. The number of nitrogens with zero attached hydrogens (tertiary/aromatic N) is 4. The molecule has 1 aliphatic rings. The van der Waals surface area contributed by atoms with E-state index in [1.165, 1.54) is 23.1 Å². The quantitative estimate of drug-likeness (QED) is 0.441. The van der Waals surface area contributed by atoms with Crippen molar-refractivity contribution in [1.82, 2.24) is 4.90 Å². The molecule has 9 nitrogen and oxygen atoms in total. The number of aliphatic imine (C=N–C) groups is 1. The van der Waals surface area contributed by atoms with Gasteiger partial charge in [-0.1, -0.05) is 6.07 Å². The fourth-order valence-corrected chi connectivity index (χ4v) is 3.73. The number of carbonyl (C=O) groups excluding carboxylic acids is 1. The van der Waals surface area contributed by atoms with Crippen LogP contribution in [0.4, 0.5) is 17.1 Å². The van der Waals surface area contributed by atoms with Crippen molar-refractivity contribution in [2.45, 2.75) is 0 Å². The van der Waals surface area contributed by atoms with Gasteiger partial charge in [-0.15, -0.1) is 0 Å². The van der Waals surface area contributed by atoms with Crippen LogP contribution in [0.15, 0.2) is 52.4 Å². The van der Waals surface area contributed by atoms with Gasteiger partial charge in [0.1, 0.15) is 5.69 Å². The van der Waals surface area contributed by atoms with Gasteiger partial charge in [-0.3, -0.25) is 19.8 Å². The molecule has 1 saturated heterocycles. The van der Waals surface area contributed by atoms with Gasteiger partial charge in [0.05, 0.1) is 21.1 Å². The summed E-state index contributed by atoms with van der Waals surface area (Å²) in [6.45, 7) is 0. The van der Waals surface area contributed by atoms with Crippen molar-refractivity contribution < 1.29 is 19.6 Å². The Morgan fingerprint density at radius 2 is 1.90 bits per heavy atom. The minimum Gasteiger partial charge on any atom is -0.478 e. The molecule has 1 heterocycles. The summed E-state index contributed by atoms with van der Waals surface area (Å²) in [5.41, 5.74) is 1.60. The summed E-state index contributed by atoms with van der Waals surface area (Å²) in [5, 5.41) is 20.8. The van der Waals surface area contributed by atoms with Crippen molar-refractivity contribution in [3.05, 3.63) is 68.6 Å². The van der Waals surface area contributed by atoms with Crippen LogP contribution in [-0.4, -0.2) is 53.1 Å². The lowest BCUT2D eigenvalue weighted by atomic mass is 10.1. The molecule has 0 radical (unpaired) electrons. The molecule has 1 fully saturated rings. The molecule has 10 heteroatoms. The lowest BCUT2D eigenvalue weighted by Gasteiger charge is -2.12. The summed E-state index contributed by atoms with van der Waals surface area (Å²) in [7, 11) is 5.02. The molecule has 3 rings (SSSR count). The summed E-state index contributed by atoms with van der Waals surface area (Å²) < 4.78 is 0. The van der Waals surface area contributed by atoms with Gasteiger partial charge in [0.25, 0.3) is 11.6 Å². The van der Waals surface area contributed by atoms with E-state index in [2.05, 4.69) is 4.99 Å². The standard InChI is InChI=1S/C20H18N4O5S/c1-22(2)15-9-4-12(10-16(15)24(28)29)11-17-18(25)23(3)20(30-17)21-14-7-5-13(6-8-14)19(26)27/h4-11H,1-3H3,(H,26,27)/b17-11+,21-20?. The van der Waals surface area contributed by atoms with Crippen LogP contribution in [0.25, 0.3) is 6.08 Å². The SMILES string of the molecule is CN1C(=O)/C(=C\c2ccc(N(C)C)c([N+](=O)[O-])c2)SC1=Nc1ccc(C(=O)O)cc1. The van der Waals surface area contributed by atoms with Crippen LogP contribution < -0.4 is 4.90 Å². The largest absolute Gasteiger partial charge is 0.478 e. The first kappa shape index (κ1) is 21.1. The molecule has 0 aromatic heterocycles. The first-order valence-corrected chi connectivity index (χ1v) is 9.54. The first-order valence-electron chi connectivity index (χ1n) is 8.73. The van der Waals surface area contributed by atoms with Crippen LogP contribution in [0, 0.1) is 10.1 Å². The predicted molar refractivity (Wildman–Crippen MR) is 116 cm³/mol. The molecule has 1 N–H and O–H groups in total. The topological polar surface area (TPSA) is 116 Å². The van der Waals surface area contributed by atoms with Gasteiger partial charge >= 0.3 is 5.97 Å². The minimum atomic E-state index is -1.03. The second-order valence-electron chi connectivity index (χ2n) is 6.62. The van der Waals surface area contributed by atoms with Gasteiger partial charge < -0.3 is 10.0 Å². The molecule has 0 spiro atoms. The third kappa shape index (κ3) is 4.33. The Morgan fingerprint density at radius 3 is 2.47 bits per heavy atom. The van der Waals surface area contributed by atoms with E-state index >= 15 is 0 Å². The fourth-order valence-electron chi connectivity index (χ4n) is 2.75. The van der Waals surface area contributed by atoms with Gasteiger partial charge in [0.2, 0.25) is 0 Å². The Hall–Kier alpha value is -3.66. The number of nitro benzene ring substituents is 1. The molecule has 0 bridgehead atoms. The Bertz CT molecular complexity index is 1090. The average molecular weight is 426 g/mol. The third-order valence-electron chi connectivity index (χ3n) is 4.32. The molecule has 0 aliphatic carbocycles. The molecule has 154 valence electrons. The van der Waals surface area contributed by atoms with Crippen molar-refractivity contribution in [3.63, 3.8) is 0 Å². The number of likely N-dealkylation sites (N-methyl/N-ethyl adjacent to an activating group) is 1. The molecule has 0 unspecified atom stereocenters. The van der Waals surface area contributed by atoms with E-state index in [0.717, 1.165) is 11.8 Å². The molecule has 2 aromatic rings. The maximum Gasteiger partial charge on any atom is 0.335 e. The van der Waals surface area contributed by atoms with E-state index in [0.29, 0.717) is 27.0 Å². The zero-order valence-corrected chi connectivity index (χ0v) is 17.2. The number of aromatic carboxylic acids is 1. The summed E-state index contributed by atoms with van der Waals surface area (Å²) in [6, 6.07) is 10.8. The Labute approximate surface area is 176 Å². The number of benzene rings is 2. The number of amidine groups is 1. The Balaban J connectivity index is 1.90. The van der Waals surface area contributed by atoms with Gasteiger partial charge in [0.15, 0.2) is 5.17 Å². The number of hydrogen-bond donors (Lipinski definition) is 1. The van der Waals surface area contributed by atoms with E-state index in [1.807, 2.05) is 0 Å². The maximum absolute atomic E-state index is 12.6.